The van der Waals surface area contributed by atoms with Gasteiger partial charge in [0.2, 0.25) is 15.9 Å². The maximum atomic E-state index is 12.6. The number of halogens is 1. The number of carbonyl (C=O) groups excluding carboxylic acids is 2. The lowest BCUT2D eigenvalue weighted by Crippen LogP contribution is -2.49. The maximum absolute atomic E-state index is 12.6. The Balaban J connectivity index is 2.05. The van der Waals surface area contributed by atoms with Crippen LogP contribution in [0.15, 0.2) is 57.9 Å². The van der Waals surface area contributed by atoms with Gasteiger partial charge in [-0.25, -0.2) is 8.42 Å². The molecule has 0 bridgehead atoms. The molecule has 0 saturated heterocycles. The van der Waals surface area contributed by atoms with E-state index in [4.69, 9.17) is 0 Å². The van der Waals surface area contributed by atoms with Crippen molar-refractivity contribution < 1.29 is 18.0 Å². The number of rotatable bonds is 8. The first-order chi connectivity index (χ1) is 13.6. The standard InChI is InChI=1S/C20H24BrN3O4S/c1-13(2)18(24-29(27,28)17-10-8-16(21)9-11-17)20(26)23-12-14-4-6-15(7-5-14)19(25)22-3/h4-11,13,18,24H,12H2,1-3H3,(H,22,25)(H,23,26)/t18-/m0/s1. The maximum Gasteiger partial charge on any atom is 0.251 e. The number of carbonyl (C=O) groups is 2. The fourth-order valence-electron chi connectivity index (χ4n) is 2.56. The Morgan fingerprint density at radius 1 is 1.00 bits per heavy atom. The number of amides is 2. The lowest BCUT2D eigenvalue weighted by atomic mass is 10.0. The van der Waals surface area contributed by atoms with Crippen LogP contribution >= 0.6 is 15.9 Å². The van der Waals surface area contributed by atoms with Crippen molar-refractivity contribution >= 4 is 37.8 Å². The monoisotopic (exact) mass is 481 g/mol. The lowest BCUT2D eigenvalue weighted by Gasteiger charge is -2.21. The van der Waals surface area contributed by atoms with Gasteiger partial charge in [0.1, 0.15) is 6.04 Å². The van der Waals surface area contributed by atoms with Crippen molar-refractivity contribution in [2.45, 2.75) is 31.3 Å². The third kappa shape index (κ3) is 6.38. The highest BCUT2D eigenvalue weighted by Crippen LogP contribution is 2.16. The van der Waals surface area contributed by atoms with Crippen LogP contribution < -0.4 is 15.4 Å². The van der Waals surface area contributed by atoms with E-state index in [1.165, 1.54) is 12.1 Å². The molecule has 2 amide bonds. The van der Waals surface area contributed by atoms with E-state index in [1.54, 1.807) is 57.3 Å². The minimum atomic E-state index is -3.84. The summed E-state index contributed by atoms with van der Waals surface area (Å²) in [5.74, 6) is -0.866. The average molecular weight is 482 g/mol. The minimum absolute atomic E-state index is 0.0870. The van der Waals surface area contributed by atoms with Gasteiger partial charge in [0.15, 0.2) is 0 Å². The molecule has 156 valence electrons. The Bertz CT molecular complexity index is 958. The number of nitrogens with one attached hydrogen (secondary N) is 3. The van der Waals surface area contributed by atoms with Gasteiger partial charge in [0.05, 0.1) is 4.90 Å². The summed E-state index contributed by atoms with van der Waals surface area (Å²) in [5, 5.41) is 5.29. The Morgan fingerprint density at radius 2 is 1.59 bits per heavy atom. The van der Waals surface area contributed by atoms with Crippen LogP contribution in [0.5, 0.6) is 0 Å². The largest absolute Gasteiger partial charge is 0.355 e. The summed E-state index contributed by atoms with van der Waals surface area (Å²) in [5.41, 5.74) is 1.31. The zero-order chi connectivity index (χ0) is 21.6. The minimum Gasteiger partial charge on any atom is -0.355 e. The first kappa shape index (κ1) is 23.1. The summed E-state index contributed by atoms with van der Waals surface area (Å²) in [7, 11) is -2.29. The Labute approximate surface area is 179 Å². The van der Waals surface area contributed by atoms with E-state index in [0.717, 1.165) is 10.0 Å². The third-order valence-corrected chi connectivity index (χ3v) is 6.25. The van der Waals surface area contributed by atoms with E-state index in [2.05, 4.69) is 31.3 Å². The van der Waals surface area contributed by atoms with Gasteiger partial charge in [0, 0.05) is 23.6 Å². The van der Waals surface area contributed by atoms with Crippen LogP contribution in [0.1, 0.15) is 29.8 Å². The van der Waals surface area contributed by atoms with Gasteiger partial charge < -0.3 is 10.6 Å². The van der Waals surface area contributed by atoms with Gasteiger partial charge in [-0.1, -0.05) is 41.9 Å². The van der Waals surface area contributed by atoms with Crippen LogP contribution in [0.25, 0.3) is 0 Å². The van der Waals surface area contributed by atoms with Gasteiger partial charge in [-0.3, -0.25) is 9.59 Å². The summed E-state index contributed by atoms with van der Waals surface area (Å²) in [6.07, 6.45) is 0. The zero-order valence-electron chi connectivity index (χ0n) is 16.4. The zero-order valence-corrected chi connectivity index (χ0v) is 18.8. The summed E-state index contributed by atoms with van der Waals surface area (Å²) >= 11 is 3.27. The fraction of sp³-hybridized carbons (Fsp3) is 0.300. The van der Waals surface area contributed by atoms with Crippen LogP contribution in [0.2, 0.25) is 0 Å². The van der Waals surface area contributed by atoms with Crippen molar-refractivity contribution in [3.63, 3.8) is 0 Å². The van der Waals surface area contributed by atoms with Crippen LogP contribution in [0.4, 0.5) is 0 Å². The second-order valence-corrected chi connectivity index (χ2v) is 9.42. The number of hydrogen-bond acceptors (Lipinski definition) is 4. The highest BCUT2D eigenvalue weighted by Gasteiger charge is 2.28. The molecule has 0 fully saturated rings. The molecule has 0 unspecified atom stereocenters. The average Bonchev–Trinajstić information content (AvgIpc) is 2.70. The highest BCUT2D eigenvalue weighted by molar-refractivity contribution is 9.10. The number of hydrogen-bond donors (Lipinski definition) is 3. The van der Waals surface area contributed by atoms with E-state index in [9.17, 15) is 18.0 Å². The van der Waals surface area contributed by atoms with Gasteiger partial charge >= 0.3 is 0 Å². The predicted octanol–water partition coefficient (Wildman–Crippen LogP) is 2.43. The van der Waals surface area contributed by atoms with Crippen molar-refractivity contribution in [1.82, 2.24) is 15.4 Å². The number of benzene rings is 2. The third-order valence-electron chi connectivity index (χ3n) is 4.27. The van der Waals surface area contributed by atoms with Gasteiger partial charge in [0.25, 0.3) is 5.91 Å². The Kier molecular flexibility index (Phi) is 7.95. The predicted molar refractivity (Wildman–Crippen MR) is 115 cm³/mol. The van der Waals surface area contributed by atoms with E-state index in [1.807, 2.05) is 0 Å². The molecule has 0 aromatic heterocycles. The molecule has 29 heavy (non-hydrogen) atoms. The summed E-state index contributed by atoms with van der Waals surface area (Å²) < 4.78 is 28.5. The van der Waals surface area contributed by atoms with Gasteiger partial charge in [-0.05, 0) is 47.9 Å². The molecule has 0 spiro atoms. The van der Waals surface area contributed by atoms with Crippen LogP contribution in [-0.2, 0) is 21.4 Å². The van der Waals surface area contributed by atoms with Crippen molar-refractivity contribution in [3.05, 3.63) is 64.1 Å². The van der Waals surface area contributed by atoms with Crippen molar-refractivity contribution in [2.75, 3.05) is 7.05 Å². The lowest BCUT2D eigenvalue weighted by molar-refractivity contribution is -0.123. The summed E-state index contributed by atoms with van der Waals surface area (Å²) in [6, 6.07) is 12.1. The van der Waals surface area contributed by atoms with Crippen molar-refractivity contribution in [1.29, 1.82) is 0 Å². The smallest absolute Gasteiger partial charge is 0.251 e. The molecule has 2 rings (SSSR count). The molecule has 0 aliphatic heterocycles. The normalized spacial score (nSPS) is 12.4. The first-order valence-electron chi connectivity index (χ1n) is 9.00. The van der Waals surface area contributed by atoms with Crippen molar-refractivity contribution in [2.24, 2.45) is 5.92 Å². The molecule has 2 aromatic rings. The molecule has 0 saturated carbocycles. The molecule has 7 nitrogen and oxygen atoms in total. The van der Waals surface area contributed by atoms with Crippen LogP contribution in [0.3, 0.4) is 0 Å². The molecular formula is C20H24BrN3O4S. The van der Waals surface area contributed by atoms with Gasteiger partial charge in [-0.2, -0.15) is 4.72 Å². The molecule has 3 N–H and O–H groups in total. The molecule has 0 radical (unpaired) electrons. The quantitative estimate of drug-likeness (QED) is 0.538. The number of sulfonamides is 1. The molecule has 0 aliphatic rings. The van der Waals surface area contributed by atoms with Crippen LogP contribution in [0, 0.1) is 5.92 Å². The van der Waals surface area contributed by atoms with E-state index < -0.39 is 22.0 Å². The summed E-state index contributed by atoms with van der Waals surface area (Å²) in [4.78, 5) is 24.3. The van der Waals surface area contributed by atoms with Crippen LogP contribution in [-0.4, -0.2) is 33.3 Å². The molecule has 2 aromatic carbocycles. The highest BCUT2D eigenvalue weighted by atomic mass is 79.9. The van der Waals surface area contributed by atoms with E-state index in [0.29, 0.717) is 5.56 Å². The van der Waals surface area contributed by atoms with E-state index in [-0.39, 0.29) is 23.3 Å². The van der Waals surface area contributed by atoms with Crippen molar-refractivity contribution in [3.8, 4) is 0 Å². The fourth-order valence-corrected chi connectivity index (χ4v) is 4.17. The molecular weight excluding hydrogens is 458 g/mol. The van der Waals surface area contributed by atoms with Gasteiger partial charge in [-0.15, -0.1) is 0 Å². The Hall–Kier alpha value is -2.23. The molecule has 0 aliphatic carbocycles. The second-order valence-electron chi connectivity index (χ2n) is 6.79. The molecule has 9 heteroatoms. The van der Waals surface area contributed by atoms with E-state index >= 15 is 0 Å². The Morgan fingerprint density at radius 3 is 2.10 bits per heavy atom. The SMILES string of the molecule is CNC(=O)c1ccc(CNC(=O)[C@@H](NS(=O)(=O)c2ccc(Br)cc2)C(C)C)cc1. The molecule has 0 heterocycles. The molecule has 1 atom stereocenters. The second kappa shape index (κ2) is 10.00. The summed E-state index contributed by atoms with van der Waals surface area (Å²) in [6.45, 7) is 3.76. The topological polar surface area (TPSA) is 104 Å². The first-order valence-corrected chi connectivity index (χ1v) is 11.3.